The van der Waals surface area contributed by atoms with E-state index in [4.69, 9.17) is 34.2 Å². The number of carboxylic acid groups (broad SMARTS) is 1. The fraction of sp³-hybridized carbons (Fsp3) is 0.333. The van der Waals surface area contributed by atoms with Crippen LogP contribution in [-0.2, 0) is 19.6 Å². The number of likely N-dealkylation sites (tertiary alicyclic amines) is 1. The minimum Gasteiger partial charge on any atom is -0.481 e. The molecule has 2 N–H and O–H groups in total. The van der Waals surface area contributed by atoms with Crippen LogP contribution in [0, 0.1) is 0 Å². The van der Waals surface area contributed by atoms with Crippen molar-refractivity contribution in [3.63, 3.8) is 0 Å². The van der Waals surface area contributed by atoms with Gasteiger partial charge in [-0.25, -0.2) is 0 Å². The molecule has 198 valence electrons. The van der Waals surface area contributed by atoms with Crippen LogP contribution in [-0.4, -0.2) is 59.6 Å². The van der Waals surface area contributed by atoms with Gasteiger partial charge in [-0.2, -0.15) is 8.42 Å². The second-order valence-electron chi connectivity index (χ2n) is 7.96. The Morgan fingerprint density at radius 3 is 2.27 bits per heavy atom. The molecule has 37 heavy (non-hydrogen) atoms. The van der Waals surface area contributed by atoms with E-state index in [0.29, 0.717) is 23.6 Å². The molecule has 2 aromatic carbocycles. The van der Waals surface area contributed by atoms with E-state index in [1.807, 2.05) is 24.3 Å². The van der Waals surface area contributed by atoms with Gasteiger partial charge in [-0.15, -0.1) is 0 Å². The highest BCUT2D eigenvalue weighted by atomic mass is 35.5. The first-order valence-electron chi connectivity index (χ1n) is 14.3. The standard InChI is InChI=1S/C21H25ClN2O3.C6H6O3S/c22-17-8-6-16(7-9-17)21(19-4-1-2-12-23-19)27-18-10-14-24(15-11-18)13-3-5-20(25)26;7-10(8,9)6-4-2-1-3-5-6/h1-2,4,6-9,12,18,21H,3,5,10-11,13-15H2,(H,25,26);1-5H,(H,7,8,9)/t21-;/m1./s1/i3D2,5D2,13D2;. The Balaban J connectivity index is 0.000000428. The van der Waals surface area contributed by atoms with Crippen LogP contribution in [0.2, 0.25) is 5.02 Å². The molecule has 0 bridgehead atoms. The molecule has 2 heterocycles. The van der Waals surface area contributed by atoms with Crippen molar-refractivity contribution in [2.24, 2.45) is 0 Å². The molecule has 1 atom stereocenters. The fourth-order valence-corrected chi connectivity index (χ4v) is 4.16. The van der Waals surface area contributed by atoms with Gasteiger partial charge in [-0.3, -0.25) is 14.3 Å². The van der Waals surface area contributed by atoms with Crippen LogP contribution in [0.15, 0.2) is 83.9 Å². The molecule has 1 aliphatic heterocycles. The van der Waals surface area contributed by atoms with Crippen molar-refractivity contribution < 1.29 is 35.8 Å². The number of hydrogen-bond acceptors (Lipinski definition) is 6. The summed E-state index contributed by atoms with van der Waals surface area (Å²) in [4.78, 5) is 16.7. The van der Waals surface area contributed by atoms with E-state index in [1.54, 1.807) is 42.6 Å². The van der Waals surface area contributed by atoms with Gasteiger partial charge in [-0.1, -0.05) is 48.0 Å². The Hall–Kier alpha value is -2.82. The quantitative estimate of drug-likeness (QED) is 0.352. The van der Waals surface area contributed by atoms with Crippen LogP contribution in [0.25, 0.3) is 0 Å². The molecule has 1 fully saturated rings. The summed E-state index contributed by atoms with van der Waals surface area (Å²) in [6.45, 7) is -2.69. The van der Waals surface area contributed by atoms with Crippen molar-refractivity contribution in [1.29, 1.82) is 0 Å². The van der Waals surface area contributed by atoms with Crippen molar-refractivity contribution in [2.75, 3.05) is 19.6 Å². The summed E-state index contributed by atoms with van der Waals surface area (Å²) in [5.41, 5.74) is 1.55. The molecule has 1 aromatic heterocycles. The molecule has 1 aliphatic rings. The van der Waals surface area contributed by atoms with Crippen LogP contribution >= 0.6 is 11.6 Å². The number of aromatic nitrogens is 1. The molecule has 1 saturated heterocycles. The highest BCUT2D eigenvalue weighted by Crippen LogP contribution is 2.29. The first kappa shape index (κ1) is 21.2. The molecule has 0 unspecified atom stereocenters. The second kappa shape index (κ2) is 14.2. The van der Waals surface area contributed by atoms with Crippen molar-refractivity contribution in [3.8, 4) is 0 Å². The van der Waals surface area contributed by atoms with E-state index >= 15 is 0 Å². The number of pyridine rings is 1. The van der Waals surface area contributed by atoms with E-state index in [0.717, 1.165) is 10.5 Å². The highest BCUT2D eigenvalue weighted by Gasteiger charge is 2.25. The third-order valence-corrected chi connectivity index (χ3v) is 6.44. The number of ether oxygens (including phenoxy) is 1. The Morgan fingerprint density at radius 2 is 1.73 bits per heavy atom. The van der Waals surface area contributed by atoms with Crippen LogP contribution in [0.1, 0.15) is 51.2 Å². The second-order valence-corrected chi connectivity index (χ2v) is 9.82. The average molecular weight is 553 g/mol. The van der Waals surface area contributed by atoms with Gasteiger partial charge in [0, 0.05) is 38.9 Å². The Morgan fingerprint density at radius 1 is 1.08 bits per heavy atom. The van der Waals surface area contributed by atoms with Crippen LogP contribution in [0.3, 0.4) is 0 Å². The third kappa shape index (κ3) is 9.87. The van der Waals surface area contributed by atoms with Crippen LogP contribution in [0.5, 0.6) is 0 Å². The SMILES string of the molecule is O=S(=O)(O)c1ccccc1.[2H]C([2H])(C(=O)O)C([2H])([2H])C([2H])([2H])N1CCC(O[C@H](c2ccc(Cl)cc2)c2ccccn2)CC1. The topological polar surface area (TPSA) is 117 Å². The number of carbonyl (C=O) groups is 1. The summed E-state index contributed by atoms with van der Waals surface area (Å²) in [5, 5.41) is 9.67. The first-order valence-corrected chi connectivity index (χ1v) is 13.1. The lowest BCUT2D eigenvalue weighted by Crippen LogP contribution is -2.38. The molecular formula is C27H31ClN2O6S. The van der Waals surface area contributed by atoms with E-state index in [9.17, 15) is 13.2 Å². The van der Waals surface area contributed by atoms with Gasteiger partial charge in [0.1, 0.15) is 6.10 Å². The minimum atomic E-state index is -4.00. The van der Waals surface area contributed by atoms with Crippen LogP contribution in [0.4, 0.5) is 0 Å². The van der Waals surface area contributed by atoms with Gasteiger partial charge in [0.05, 0.1) is 16.7 Å². The lowest BCUT2D eigenvalue weighted by Gasteiger charge is -2.34. The number of benzene rings is 2. The van der Waals surface area contributed by atoms with E-state index < -0.39 is 41.4 Å². The predicted octanol–water partition coefficient (Wildman–Crippen LogP) is 5.10. The largest absolute Gasteiger partial charge is 0.481 e. The third-order valence-electron chi connectivity index (χ3n) is 5.32. The fourth-order valence-electron chi connectivity index (χ4n) is 3.54. The molecule has 3 aromatic rings. The molecule has 0 saturated carbocycles. The van der Waals surface area contributed by atoms with Crippen LogP contribution < -0.4 is 0 Å². The smallest absolute Gasteiger partial charge is 0.303 e. The van der Waals surface area contributed by atoms with E-state index in [1.165, 1.54) is 12.1 Å². The zero-order chi connectivity index (χ0) is 32.1. The molecule has 0 amide bonds. The molecule has 0 aliphatic carbocycles. The zero-order valence-corrected chi connectivity index (χ0v) is 21.3. The Labute approximate surface area is 231 Å². The molecular weight excluding hydrogens is 516 g/mol. The average Bonchev–Trinajstić information content (AvgIpc) is 2.97. The van der Waals surface area contributed by atoms with Crippen molar-refractivity contribution >= 4 is 27.7 Å². The summed E-state index contributed by atoms with van der Waals surface area (Å²) in [6, 6.07) is 20.1. The number of piperidine rings is 1. The number of rotatable bonds is 9. The van der Waals surface area contributed by atoms with Gasteiger partial charge in [0.25, 0.3) is 10.1 Å². The minimum absolute atomic E-state index is 0.0719. The highest BCUT2D eigenvalue weighted by molar-refractivity contribution is 7.85. The first-order chi connectivity index (χ1) is 20.0. The maximum Gasteiger partial charge on any atom is 0.303 e. The Bertz CT molecular complexity index is 1460. The monoisotopic (exact) mass is 552 g/mol. The molecule has 0 radical (unpaired) electrons. The maximum atomic E-state index is 11.2. The van der Waals surface area contributed by atoms with Gasteiger partial charge in [0.15, 0.2) is 0 Å². The number of aliphatic carboxylic acids is 1. The van der Waals surface area contributed by atoms with Gasteiger partial charge >= 0.3 is 5.97 Å². The Kier molecular flexibility index (Phi) is 8.12. The van der Waals surface area contributed by atoms with Gasteiger partial charge < -0.3 is 14.7 Å². The molecule has 8 nitrogen and oxygen atoms in total. The summed E-state index contributed by atoms with van der Waals surface area (Å²) in [7, 11) is -4.00. The normalized spacial score (nSPS) is 19.0. The summed E-state index contributed by atoms with van der Waals surface area (Å²) in [6.07, 6.45) is -5.09. The summed E-state index contributed by atoms with van der Waals surface area (Å²) < 4.78 is 83.1. The predicted molar refractivity (Wildman–Crippen MR) is 141 cm³/mol. The maximum absolute atomic E-state index is 11.2. The number of nitrogens with zero attached hydrogens (tertiary/aromatic N) is 2. The lowest BCUT2D eigenvalue weighted by atomic mass is 10.0. The van der Waals surface area contributed by atoms with Crippen molar-refractivity contribution in [2.45, 2.75) is 42.7 Å². The summed E-state index contributed by atoms with van der Waals surface area (Å²) in [5.74, 6) is -2.05. The molecule has 0 spiro atoms. The number of carboxylic acids is 1. The summed E-state index contributed by atoms with van der Waals surface area (Å²) >= 11 is 6.01. The van der Waals surface area contributed by atoms with Gasteiger partial charge in [0.2, 0.25) is 0 Å². The van der Waals surface area contributed by atoms with E-state index in [-0.39, 0.29) is 24.1 Å². The number of hydrogen-bond donors (Lipinski definition) is 2. The molecule has 10 heteroatoms. The van der Waals surface area contributed by atoms with Crippen molar-refractivity contribution in [3.05, 3.63) is 95.3 Å². The van der Waals surface area contributed by atoms with Gasteiger partial charge in [-0.05, 0) is 67.7 Å². The van der Waals surface area contributed by atoms with E-state index in [2.05, 4.69) is 4.98 Å². The lowest BCUT2D eigenvalue weighted by molar-refractivity contribution is -0.137. The number of halogens is 1. The molecule has 4 rings (SSSR count). The van der Waals surface area contributed by atoms with Crippen molar-refractivity contribution in [1.82, 2.24) is 9.88 Å². The zero-order valence-electron chi connectivity index (χ0n) is 25.7.